The molecule has 1 N–H and O–H groups in total. The summed E-state index contributed by atoms with van der Waals surface area (Å²) >= 11 is 0. The number of imidazole rings is 1. The van der Waals surface area contributed by atoms with Crippen molar-refractivity contribution in [3.63, 3.8) is 0 Å². The third-order valence-electron chi connectivity index (χ3n) is 4.06. The van der Waals surface area contributed by atoms with Crippen molar-refractivity contribution in [3.8, 4) is 0 Å². The van der Waals surface area contributed by atoms with E-state index in [1.807, 2.05) is 31.5 Å². The quantitative estimate of drug-likeness (QED) is 0.916. The Kier molecular flexibility index (Phi) is 3.30. The summed E-state index contributed by atoms with van der Waals surface area (Å²) in [5.74, 6) is 0.0252. The molecule has 0 amide bonds. The molecule has 0 bridgehead atoms. The molecule has 1 atom stereocenters. The zero-order chi connectivity index (χ0) is 14.2. The van der Waals surface area contributed by atoms with E-state index < -0.39 is 11.4 Å². The van der Waals surface area contributed by atoms with Gasteiger partial charge in [0, 0.05) is 19.7 Å². The van der Waals surface area contributed by atoms with Gasteiger partial charge < -0.3 is 9.67 Å². The van der Waals surface area contributed by atoms with E-state index in [4.69, 9.17) is 0 Å². The molecule has 0 saturated carbocycles. The van der Waals surface area contributed by atoms with Crippen molar-refractivity contribution in [1.29, 1.82) is 0 Å². The van der Waals surface area contributed by atoms with Gasteiger partial charge in [-0.2, -0.15) is 0 Å². The van der Waals surface area contributed by atoms with Crippen LogP contribution in [0.3, 0.4) is 0 Å². The molecule has 2 rings (SSSR count). The first kappa shape index (κ1) is 13.5. The van der Waals surface area contributed by atoms with Crippen molar-refractivity contribution in [1.82, 2.24) is 14.5 Å². The fourth-order valence-corrected chi connectivity index (χ4v) is 2.10. The number of nitrogens with zero attached hydrogens (tertiary/aromatic N) is 3. The number of aliphatic carboxylic acids is 1. The third-order valence-corrected chi connectivity index (χ3v) is 4.06. The van der Waals surface area contributed by atoms with Crippen LogP contribution < -0.4 is 0 Å². The molecule has 2 aromatic rings. The third kappa shape index (κ3) is 2.20. The van der Waals surface area contributed by atoms with E-state index in [0.29, 0.717) is 6.42 Å². The van der Waals surface area contributed by atoms with E-state index in [2.05, 4.69) is 9.97 Å². The average Bonchev–Trinajstić information content (AvgIpc) is 2.66. The lowest BCUT2D eigenvalue weighted by Gasteiger charge is -2.28. The fraction of sp³-hybridized carbons (Fsp3) is 0.500. The summed E-state index contributed by atoms with van der Waals surface area (Å²) in [5, 5.41) is 9.48. The molecule has 0 fully saturated rings. The van der Waals surface area contributed by atoms with Gasteiger partial charge in [-0.1, -0.05) is 13.8 Å². The van der Waals surface area contributed by atoms with E-state index in [0.717, 1.165) is 16.9 Å². The van der Waals surface area contributed by atoms with Crippen LogP contribution in [0.5, 0.6) is 0 Å². The summed E-state index contributed by atoms with van der Waals surface area (Å²) in [7, 11) is 1.90. The Morgan fingerprint density at radius 1 is 1.53 bits per heavy atom. The van der Waals surface area contributed by atoms with Gasteiger partial charge in [-0.3, -0.25) is 9.78 Å². The molecule has 2 heterocycles. The Hall–Kier alpha value is -1.91. The zero-order valence-electron chi connectivity index (χ0n) is 11.7. The highest BCUT2D eigenvalue weighted by Crippen LogP contribution is 2.32. The van der Waals surface area contributed by atoms with Crippen LogP contribution in [-0.2, 0) is 18.3 Å². The Balaban J connectivity index is 2.45. The van der Waals surface area contributed by atoms with Crippen molar-refractivity contribution >= 4 is 17.0 Å². The lowest BCUT2D eigenvalue weighted by Crippen LogP contribution is -2.36. The smallest absolute Gasteiger partial charge is 0.310 e. The van der Waals surface area contributed by atoms with Crippen LogP contribution in [0.15, 0.2) is 18.5 Å². The number of fused-ring (bicyclic) bond motifs is 1. The molecule has 19 heavy (non-hydrogen) atoms. The van der Waals surface area contributed by atoms with Gasteiger partial charge in [0.1, 0.15) is 5.82 Å². The monoisotopic (exact) mass is 261 g/mol. The second-order valence-corrected chi connectivity index (χ2v) is 5.51. The number of rotatable bonds is 4. The number of carbonyl (C=O) groups is 1. The molecule has 0 aromatic carbocycles. The normalized spacial score (nSPS) is 14.8. The lowest BCUT2D eigenvalue weighted by molar-refractivity contribution is -0.150. The molecular formula is C14H19N3O2. The number of hydrogen-bond acceptors (Lipinski definition) is 3. The number of aryl methyl sites for hydroxylation is 1. The van der Waals surface area contributed by atoms with Gasteiger partial charge in [0.2, 0.25) is 0 Å². The predicted octanol–water partition coefficient (Wildman–Crippen LogP) is 2.26. The minimum atomic E-state index is -0.817. The van der Waals surface area contributed by atoms with E-state index in [9.17, 15) is 9.90 Å². The van der Waals surface area contributed by atoms with Crippen molar-refractivity contribution < 1.29 is 9.90 Å². The van der Waals surface area contributed by atoms with Crippen LogP contribution in [-0.4, -0.2) is 25.6 Å². The topological polar surface area (TPSA) is 68.0 Å². The van der Waals surface area contributed by atoms with Crippen LogP contribution in [0.4, 0.5) is 0 Å². The summed E-state index contributed by atoms with van der Waals surface area (Å²) in [6, 6.07) is 1.84. The molecule has 0 saturated heterocycles. The second kappa shape index (κ2) is 4.64. The van der Waals surface area contributed by atoms with Crippen molar-refractivity contribution in [3.05, 3.63) is 24.3 Å². The van der Waals surface area contributed by atoms with Crippen LogP contribution in [0, 0.1) is 11.3 Å². The van der Waals surface area contributed by atoms with Crippen molar-refractivity contribution in [2.24, 2.45) is 18.4 Å². The van der Waals surface area contributed by atoms with Gasteiger partial charge in [0.25, 0.3) is 0 Å². The Morgan fingerprint density at radius 2 is 2.21 bits per heavy atom. The second-order valence-electron chi connectivity index (χ2n) is 5.51. The van der Waals surface area contributed by atoms with Crippen LogP contribution >= 0.6 is 0 Å². The average molecular weight is 261 g/mol. The van der Waals surface area contributed by atoms with Crippen LogP contribution in [0.1, 0.15) is 26.6 Å². The Bertz CT molecular complexity index is 618. The molecule has 102 valence electrons. The maximum absolute atomic E-state index is 11.5. The molecule has 0 radical (unpaired) electrons. The molecule has 1 unspecified atom stereocenters. The van der Waals surface area contributed by atoms with E-state index in [1.165, 1.54) is 0 Å². The highest BCUT2D eigenvalue weighted by Gasteiger charge is 2.38. The van der Waals surface area contributed by atoms with Gasteiger partial charge in [0.15, 0.2) is 0 Å². The standard InChI is InChI=1S/C14H19N3O2/c1-9(2)14(3,13(18)19)7-12-16-10-5-6-15-8-11(10)17(12)4/h5-6,8-9H,7H2,1-4H3,(H,18,19). The molecule has 5 nitrogen and oxygen atoms in total. The number of carboxylic acid groups (broad SMARTS) is 1. The van der Waals surface area contributed by atoms with E-state index in [-0.39, 0.29) is 5.92 Å². The first-order valence-corrected chi connectivity index (χ1v) is 6.35. The Morgan fingerprint density at radius 3 is 2.74 bits per heavy atom. The van der Waals surface area contributed by atoms with Crippen molar-refractivity contribution in [2.75, 3.05) is 0 Å². The molecular weight excluding hydrogens is 242 g/mol. The number of carboxylic acids is 1. The number of pyridine rings is 1. The minimum absolute atomic E-state index is 0.0305. The Labute approximate surface area is 112 Å². The van der Waals surface area contributed by atoms with Crippen molar-refractivity contribution in [2.45, 2.75) is 27.2 Å². The van der Waals surface area contributed by atoms with Gasteiger partial charge in [0.05, 0.1) is 22.6 Å². The fourth-order valence-electron chi connectivity index (χ4n) is 2.10. The molecule has 0 aliphatic rings. The van der Waals surface area contributed by atoms with E-state index in [1.54, 1.807) is 19.3 Å². The largest absolute Gasteiger partial charge is 0.481 e. The summed E-state index contributed by atoms with van der Waals surface area (Å²) < 4.78 is 1.92. The number of aromatic nitrogens is 3. The predicted molar refractivity (Wildman–Crippen MR) is 72.8 cm³/mol. The zero-order valence-corrected chi connectivity index (χ0v) is 11.7. The highest BCUT2D eigenvalue weighted by molar-refractivity contribution is 5.76. The number of hydrogen-bond donors (Lipinski definition) is 1. The molecule has 0 aliphatic heterocycles. The van der Waals surface area contributed by atoms with Crippen LogP contribution in [0.2, 0.25) is 0 Å². The van der Waals surface area contributed by atoms with Gasteiger partial charge >= 0.3 is 5.97 Å². The maximum Gasteiger partial charge on any atom is 0.310 e. The van der Waals surface area contributed by atoms with Gasteiger partial charge in [-0.25, -0.2) is 4.98 Å². The summed E-state index contributed by atoms with van der Waals surface area (Å²) in [5.41, 5.74) is 0.959. The molecule has 0 aliphatic carbocycles. The lowest BCUT2D eigenvalue weighted by atomic mass is 9.76. The van der Waals surface area contributed by atoms with Crippen LogP contribution in [0.25, 0.3) is 11.0 Å². The summed E-state index contributed by atoms with van der Waals surface area (Å²) in [6.45, 7) is 5.63. The highest BCUT2D eigenvalue weighted by atomic mass is 16.4. The first-order chi connectivity index (χ1) is 8.86. The summed E-state index contributed by atoms with van der Waals surface area (Å²) in [6.07, 6.45) is 3.85. The molecule has 2 aromatic heterocycles. The SMILES string of the molecule is CC(C)C(C)(Cc1nc2ccncc2n1C)C(=O)O. The summed E-state index contributed by atoms with van der Waals surface area (Å²) in [4.78, 5) is 20.1. The minimum Gasteiger partial charge on any atom is -0.481 e. The van der Waals surface area contributed by atoms with Gasteiger partial charge in [-0.05, 0) is 18.9 Å². The molecule has 5 heteroatoms. The van der Waals surface area contributed by atoms with E-state index >= 15 is 0 Å². The van der Waals surface area contributed by atoms with Gasteiger partial charge in [-0.15, -0.1) is 0 Å². The maximum atomic E-state index is 11.5. The molecule has 0 spiro atoms. The first-order valence-electron chi connectivity index (χ1n) is 6.35.